The molecule has 2 aliphatic heterocycles. The molecule has 1 aromatic carbocycles. The second kappa shape index (κ2) is 7.14. The number of likely N-dealkylation sites (tertiary alicyclic amines) is 1. The number of rotatable bonds is 1. The SMILES string of the molecule is CC(C)(C)OC(=O)N1CCCC(N2CCc3ccccc3C2)CC1. The number of ether oxygens (including phenoxy) is 1. The Balaban J connectivity index is 1.57. The summed E-state index contributed by atoms with van der Waals surface area (Å²) in [6.45, 7) is 9.58. The molecule has 1 saturated heterocycles. The summed E-state index contributed by atoms with van der Waals surface area (Å²) in [5.74, 6) is 0. The molecule has 3 rings (SSSR count). The van der Waals surface area contributed by atoms with E-state index in [9.17, 15) is 4.79 Å². The molecule has 4 heteroatoms. The summed E-state index contributed by atoms with van der Waals surface area (Å²) in [6.07, 6.45) is 4.25. The second-order valence-corrected chi connectivity index (χ2v) is 8.04. The largest absolute Gasteiger partial charge is 0.444 e. The Morgan fingerprint density at radius 2 is 1.83 bits per heavy atom. The number of benzene rings is 1. The van der Waals surface area contributed by atoms with Gasteiger partial charge in [-0.3, -0.25) is 4.90 Å². The van der Waals surface area contributed by atoms with Gasteiger partial charge in [-0.05, 0) is 57.6 Å². The second-order valence-electron chi connectivity index (χ2n) is 8.04. The van der Waals surface area contributed by atoms with Gasteiger partial charge in [0.15, 0.2) is 0 Å². The molecule has 0 radical (unpaired) electrons. The fourth-order valence-corrected chi connectivity index (χ4v) is 3.78. The molecule has 1 unspecified atom stereocenters. The van der Waals surface area contributed by atoms with Crippen molar-refractivity contribution in [3.05, 3.63) is 35.4 Å². The Hall–Kier alpha value is -1.55. The smallest absolute Gasteiger partial charge is 0.410 e. The van der Waals surface area contributed by atoms with Gasteiger partial charge >= 0.3 is 6.09 Å². The van der Waals surface area contributed by atoms with Gasteiger partial charge in [-0.2, -0.15) is 0 Å². The number of hydrogen-bond acceptors (Lipinski definition) is 3. The first-order chi connectivity index (χ1) is 11.4. The first-order valence-corrected chi connectivity index (χ1v) is 9.21. The quantitative estimate of drug-likeness (QED) is 0.784. The van der Waals surface area contributed by atoms with Crippen molar-refractivity contribution in [2.24, 2.45) is 0 Å². The first kappa shape index (κ1) is 17.3. The number of carbonyl (C=O) groups is 1. The molecule has 1 atom stereocenters. The zero-order chi connectivity index (χ0) is 17.2. The summed E-state index contributed by atoms with van der Waals surface area (Å²) >= 11 is 0. The van der Waals surface area contributed by atoms with Crippen LogP contribution in [0.2, 0.25) is 0 Å². The van der Waals surface area contributed by atoms with Crippen molar-refractivity contribution in [1.29, 1.82) is 0 Å². The first-order valence-electron chi connectivity index (χ1n) is 9.21. The van der Waals surface area contributed by atoms with Crippen molar-refractivity contribution in [2.45, 2.75) is 64.6 Å². The maximum absolute atomic E-state index is 12.3. The van der Waals surface area contributed by atoms with Crippen LogP contribution in [0.5, 0.6) is 0 Å². The van der Waals surface area contributed by atoms with Gasteiger partial charge < -0.3 is 9.64 Å². The highest BCUT2D eigenvalue weighted by atomic mass is 16.6. The van der Waals surface area contributed by atoms with E-state index in [1.54, 1.807) is 0 Å². The highest BCUT2D eigenvalue weighted by molar-refractivity contribution is 5.68. The van der Waals surface area contributed by atoms with Crippen molar-refractivity contribution in [3.8, 4) is 0 Å². The van der Waals surface area contributed by atoms with Crippen LogP contribution in [0.1, 0.15) is 51.2 Å². The maximum Gasteiger partial charge on any atom is 0.410 e. The molecule has 4 nitrogen and oxygen atoms in total. The van der Waals surface area contributed by atoms with Crippen molar-refractivity contribution in [1.82, 2.24) is 9.80 Å². The topological polar surface area (TPSA) is 32.8 Å². The van der Waals surface area contributed by atoms with E-state index in [4.69, 9.17) is 4.74 Å². The molecule has 0 saturated carbocycles. The molecule has 132 valence electrons. The molecule has 0 spiro atoms. The predicted octanol–water partition coefficient (Wildman–Crippen LogP) is 3.83. The average molecular weight is 330 g/mol. The van der Waals surface area contributed by atoms with Gasteiger partial charge in [-0.1, -0.05) is 24.3 Å². The Morgan fingerprint density at radius 1 is 1.08 bits per heavy atom. The van der Waals surface area contributed by atoms with E-state index < -0.39 is 5.60 Å². The Bertz CT molecular complexity index is 579. The normalized spacial score (nSPS) is 22.6. The van der Waals surface area contributed by atoms with Gasteiger partial charge in [0.05, 0.1) is 0 Å². The fraction of sp³-hybridized carbons (Fsp3) is 0.650. The van der Waals surface area contributed by atoms with Crippen molar-refractivity contribution in [2.75, 3.05) is 19.6 Å². The van der Waals surface area contributed by atoms with E-state index in [-0.39, 0.29) is 6.09 Å². The highest BCUT2D eigenvalue weighted by Crippen LogP contribution is 2.25. The van der Waals surface area contributed by atoms with Crippen molar-refractivity contribution >= 4 is 6.09 Å². The van der Waals surface area contributed by atoms with Gasteiger partial charge in [0.25, 0.3) is 0 Å². The van der Waals surface area contributed by atoms with Crippen LogP contribution >= 0.6 is 0 Å². The summed E-state index contributed by atoms with van der Waals surface area (Å²) in [6, 6.07) is 9.36. The molecule has 1 fully saturated rings. The van der Waals surface area contributed by atoms with Gasteiger partial charge in [-0.15, -0.1) is 0 Å². The zero-order valence-corrected chi connectivity index (χ0v) is 15.3. The summed E-state index contributed by atoms with van der Waals surface area (Å²) in [5, 5.41) is 0. The van der Waals surface area contributed by atoms with Crippen LogP contribution < -0.4 is 0 Å². The zero-order valence-electron chi connectivity index (χ0n) is 15.3. The lowest BCUT2D eigenvalue weighted by molar-refractivity contribution is 0.0252. The number of amides is 1. The average Bonchev–Trinajstić information content (AvgIpc) is 2.79. The Labute approximate surface area is 145 Å². The molecule has 24 heavy (non-hydrogen) atoms. The van der Waals surface area contributed by atoms with Gasteiger partial charge in [0.2, 0.25) is 0 Å². The third-order valence-corrected chi connectivity index (χ3v) is 5.03. The predicted molar refractivity (Wildman–Crippen MR) is 96.0 cm³/mol. The van der Waals surface area contributed by atoms with Gasteiger partial charge in [0.1, 0.15) is 5.60 Å². The van der Waals surface area contributed by atoms with E-state index in [0.717, 1.165) is 45.4 Å². The number of nitrogens with zero attached hydrogens (tertiary/aromatic N) is 2. The minimum atomic E-state index is -0.417. The van der Waals surface area contributed by atoms with E-state index >= 15 is 0 Å². The lowest BCUT2D eigenvalue weighted by atomic mass is 9.97. The maximum atomic E-state index is 12.3. The number of fused-ring (bicyclic) bond motifs is 1. The molecular weight excluding hydrogens is 300 g/mol. The molecule has 1 aromatic rings. The summed E-state index contributed by atoms with van der Waals surface area (Å²) in [4.78, 5) is 16.8. The minimum absolute atomic E-state index is 0.160. The lowest BCUT2D eigenvalue weighted by Crippen LogP contribution is -2.41. The van der Waals surface area contributed by atoms with Crippen LogP contribution in [0.25, 0.3) is 0 Å². The van der Waals surface area contributed by atoms with Crippen molar-refractivity contribution < 1.29 is 9.53 Å². The molecule has 2 aliphatic rings. The van der Waals surface area contributed by atoms with E-state index in [1.165, 1.54) is 17.5 Å². The number of carbonyl (C=O) groups excluding carboxylic acids is 1. The Kier molecular flexibility index (Phi) is 5.14. The summed E-state index contributed by atoms with van der Waals surface area (Å²) < 4.78 is 5.53. The Morgan fingerprint density at radius 3 is 2.58 bits per heavy atom. The molecule has 0 aliphatic carbocycles. The van der Waals surface area contributed by atoms with E-state index in [0.29, 0.717) is 6.04 Å². The minimum Gasteiger partial charge on any atom is -0.444 e. The standard InChI is InChI=1S/C20H30N2O2/c1-20(2,3)24-19(23)21-12-6-9-18(11-14-21)22-13-10-16-7-4-5-8-17(16)15-22/h4-5,7-8,18H,6,9-15H2,1-3H3. The molecule has 0 aromatic heterocycles. The third kappa shape index (κ3) is 4.29. The van der Waals surface area contributed by atoms with E-state index in [1.807, 2.05) is 25.7 Å². The van der Waals surface area contributed by atoms with Crippen molar-refractivity contribution in [3.63, 3.8) is 0 Å². The van der Waals surface area contributed by atoms with Crippen LogP contribution in [0.3, 0.4) is 0 Å². The van der Waals surface area contributed by atoms with Crippen LogP contribution in [0.4, 0.5) is 4.79 Å². The molecular formula is C20H30N2O2. The summed E-state index contributed by atoms with van der Waals surface area (Å²) in [5.41, 5.74) is 2.55. The van der Waals surface area contributed by atoms with E-state index in [2.05, 4.69) is 29.2 Å². The molecule has 2 heterocycles. The van der Waals surface area contributed by atoms with Crippen LogP contribution in [-0.2, 0) is 17.7 Å². The monoisotopic (exact) mass is 330 g/mol. The lowest BCUT2D eigenvalue weighted by Gasteiger charge is -2.35. The van der Waals surface area contributed by atoms with Crippen LogP contribution in [0, 0.1) is 0 Å². The summed E-state index contributed by atoms with van der Waals surface area (Å²) in [7, 11) is 0. The molecule has 1 amide bonds. The molecule has 0 bridgehead atoms. The number of hydrogen-bond donors (Lipinski definition) is 0. The molecule has 0 N–H and O–H groups in total. The van der Waals surface area contributed by atoms with Crippen LogP contribution in [-0.4, -0.2) is 47.2 Å². The van der Waals surface area contributed by atoms with Gasteiger partial charge in [-0.25, -0.2) is 4.79 Å². The van der Waals surface area contributed by atoms with Gasteiger partial charge in [0, 0.05) is 32.2 Å². The van der Waals surface area contributed by atoms with Crippen LogP contribution in [0.15, 0.2) is 24.3 Å². The highest BCUT2D eigenvalue weighted by Gasteiger charge is 2.29. The third-order valence-electron chi connectivity index (χ3n) is 5.03. The fourth-order valence-electron chi connectivity index (χ4n) is 3.78.